The van der Waals surface area contributed by atoms with Crippen molar-refractivity contribution in [1.82, 2.24) is 0 Å². The van der Waals surface area contributed by atoms with Gasteiger partial charge in [-0.15, -0.1) is 0 Å². The molecule has 0 unspecified atom stereocenters. The van der Waals surface area contributed by atoms with Crippen molar-refractivity contribution in [2.45, 2.75) is 20.3 Å². The van der Waals surface area contributed by atoms with Crippen LogP contribution in [0.25, 0.3) is 0 Å². The molecule has 16 heavy (non-hydrogen) atoms. The average molecular weight is 223 g/mol. The SMILES string of the molecule is CCOC(=O)CC.NC(=O)c1ccccc1. The molecule has 0 bridgehead atoms. The van der Waals surface area contributed by atoms with Crippen molar-refractivity contribution < 1.29 is 14.3 Å². The highest BCUT2D eigenvalue weighted by Crippen LogP contribution is 1.94. The molecule has 88 valence electrons. The number of carbonyl (C=O) groups excluding carboxylic acids is 2. The molecule has 0 spiro atoms. The lowest BCUT2D eigenvalue weighted by molar-refractivity contribution is -0.142. The fraction of sp³-hybridized carbons (Fsp3) is 0.333. The second kappa shape index (κ2) is 8.47. The topological polar surface area (TPSA) is 69.4 Å². The van der Waals surface area contributed by atoms with Gasteiger partial charge >= 0.3 is 5.97 Å². The largest absolute Gasteiger partial charge is 0.466 e. The van der Waals surface area contributed by atoms with Crippen molar-refractivity contribution >= 4 is 11.9 Å². The summed E-state index contributed by atoms with van der Waals surface area (Å²) >= 11 is 0. The van der Waals surface area contributed by atoms with Crippen LogP contribution in [0.1, 0.15) is 30.6 Å². The van der Waals surface area contributed by atoms with Gasteiger partial charge in [-0.3, -0.25) is 9.59 Å². The van der Waals surface area contributed by atoms with Gasteiger partial charge in [-0.05, 0) is 19.1 Å². The number of rotatable bonds is 3. The highest BCUT2D eigenvalue weighted by Gasteiger charge is 1.93. The Labute approximate surface area is 95.4 Å². The van der Waals surface area contributed by atoms with E-state index in [0.29, 0.717) is 18.6 Å². The first kappa shape index (κ1) is 14.2. The lowest BCUT2D eigenvalue weighted by Gasteiger charge is -1.93. The highest BCUT2D eigenvalue weighted by atomic mass is 16.5. The molecule has 1 rings (SSSR count). The summed E-state index contributed by atoms with van der Waals surface area (Å²) in [5.74, 6) is -0.502. The molecular formula is C12H17NO3. The summed E-state index contributed by atoms with van der Waals surface area (Å²) < 4.78 is 4.55. The molecule has 0 saturated heterocycles. The molecule has 0 atom stereocenters. The Morgan fingerprint density at radius 2 is 1.75 bits per heavy atom. The van der Waals surface area contributed by atoms with Crippen molar-refractivity contribution in [1.29, 1.82) is 0 Å². The lowest BCUT2D eigenvalue weighted by atomic mass is 10.2. The van der Waals surface area contributed by atoms with Gasteiger partial charge < -0.3 is 10.5 Å². The molecule has 0 aromatic heterocycles. The van der Waals surface area contributed by atoms with Gasteiger partial charge in [0.1, 0.15) is 0 Å². The minimum Gasteiger partial charge on any atom is -0.466 e. The van der Waals surface area contributed by atoms with E-state index in [1.807, 2.05) is 6.07 Å². The number of carbonyl (C=O) groups is 2. The minimum atomic E-state index is -0.379. The van der Waals surface area contributed by atoms with Crippen LogP contribution in [0, 0.1) is 0 Å². The number of hydrogen-bond acceptors (Lipinski definition) is 3. The van der Waals surface area contributed by atoms with Gasteiger partial charge in [0.15, 0.2) is 0 Å². The van der Waals surface area contributed by atoms with Gasteiger partial charge in [0.25, 0.3) is 0 Å². The smallest absolute Gasteiger partial charge is 0.305 e. The van der Waals surface area contributed by atoms with Gasteiger partial charge in [-0.25, -0.2) is 0 Å². The number of nitrogens with two attached hydrogens (primary N) is 1. The molecule has 0 aliphatic heterocycles. The number of ether oxygens (including phenoxy) is 1. The van der Waals surface area contributed by atoms with Gasteiger partial charge in [0, 0.05) is 12.0 Å². The van der Waals surface area contributed by atoms with E-state index >= 15 is 0 Å². The molecule has 2 N–H and O–H groups in total. The number of esters is 1. The molecule has 0 radical (unpaired) electrons. The summed E-state index contributed by atoms with van der Waals surface area (Å²) in [6.45, 7) is 4.07. The standard InChI is InChI=1S/C7H7NO.C5H10O2/c8-7(9)6-4-2-1-3-5-6;1-3-5(6)7-4-2/h1-5H,(H2,8,9);3-4H2,1-2H3. The first-order chi connectivity index (χ1) is 7.61. The van der Waals surface area contributed by atoms with Gasteiger partial charge in [-0.2, -0.15) is 0 Å². The molecule has 4 heteroatoms. The minimum absolute atomic E-state index is 0.123. The van der Waals surface area contributed by atoms with Crippen LogP contribution in [0.3, 0.4) is 0 Å². The van der Waals surface area contributed by atoms with E-state index in [1.165, 1.54) is 0 Å². The van der Waals surface area contributed by atoms with Crippen LogP contribution in [0.5, 0.6) is 0 Å². The van der Waals surface area contributed by atoms with E-state index in [4.69, 9.17) is 5.73 Å². The summed E-state index contributed by atoms with van der Waals surface area (Å²) in [6, 6.07) is 8.76. The van der Waals surface area contributed by atoms with Crippen molar-refractivity contribution in [3.8, 4) is 0 Å². The van der Waals surface area contributed by atoms with Crippen LogP contribution < -0.4 is 5.73 Å². The maximum atomic E-state index is 10.4. The van der Waals surface area contributed by atoms with Crippen LogP contribution in [-0.2, 0) is 9.53 Å². The molecular weight excluding hydrogens is 206 g/mol. The summed E-state index contributed by atoms with van der Waals surface area (Å²) in [4.78, 5) is 20.6. The summed E-state index contributed by atoms with van der Waals surface area (Å²) in [7, 11) is 0. The first-order valence-electron chi connectivity index (χ1n) is 5.12. The zero-order chi connectivity index (χ0) is 12.4. The quantitative estimate of drug-likeness (QED) is 0.793. The third kappa shape index (κ3) is 6.59. The van der Waals surface area contributed by atoms with E-state index in [9.17, 15) is 9.59 Å². The second-order valence-electron chi connectivity index (χ2n) is 2.89. The van der Waals surface area contributed by atoms with Crippen molar-refractivity contribution in [3.63, 3.8) is 0 Å². The molecule has 0 fully saturated rings. The Bertz CT molecular complexity index is 322. The first-order valence-corrected chi connectivity index (χ1v) is 5.12. The fourth-order valence-electron chi connectivity index (χ4n) is 0.865. The Kier molecular flexibility index (Phi) is 7.49. The summed E-state index contributed by atoms with van der Waals surface area (Å²) in [5, 5.41) is 0. The van der Waals surface area contributed by atoms with E-state index < -0.39 is 0 Å². The van der Waals surface area contributed by atoms with Gasteiger partial charge in [-0.1, -0.05) is 25.1 Å². The molecule has 0 saturated carbocycles. The van der Waals surface area contributed by atoms with Crippen molar-refractivity contribution in [3.05, 3.63) is 35.9 Å². The molecule has 1 aromatic rings. The average Bonchev–Trinajstić information content (AvgIpc) is 2.31. The third-order valence-electron chi connectivity index (χ3n) is 1.65. The lowest BCUT2D eigenvalue weighted by Crippen LogP contribution is -2.09. The molecule has 0 aliphatic carbocycles. The summed E-state index contributed by atoms with van der Waals surface area (Å²) in [5.41, 5.74) is 5.53. The highest BCUT2D eigenvalue weighted by molar-refractivity contribution is 5.92. The Hall–Kier alpha value is -1.84. The Balaban J connectivity index is 0.000000293. The number of primary amides is 1. The maximum absolute atomic E-state index is 10.4. The number of amides is 1. The second-order valence-corrected chi connectivity index (χ2v) is 2.89. The molecule has 1 amide bonds. The number of benzene rings is 1. The van der Waals surface area contributed by atoms with Crippen molar-refractivity contribution in [2.24, 2.45) is 5.73 Å². The predicted molar refractivity (Wildman–Crippen MR) is 61.9 cm³/mol. The van der Waals surface area contributed by atoms with E-state index in [1.54, 1.807) is 38.1 Å². The summed E-state index contributed by atoms with van der Waals surface area (Å²) in [6.07, 6.45) is 0.480. The van der Waals surface area contributed by atoms with Crippen LogP contribution in [-0.4, -0.2) is 18.5 Å². The zero-order valence-electron chi connectivity index (χ0n) is 9.60. The number of hydrogen-bond donors (Lipinski definition) is 1. The van der Waals surface area contributed by atoms with Crippen LogP contribution >= 0.6 is 0 Å². The van der Waals surface area contributed by atoms with Gasteiger partial charge in [0.2, 0.25) is 5.91 Å². The van der Waals surface area contributed by atoms with Crippen molar-refractivity contribution in [2.75, 3.05) is 6.61 Å². The fourth-order valence-corrected chi connectivity index (χ4v) is 0.865. The van der Waals surface area contributed by atoms with Crippen LogP contribution in [0.2, 0.25) is 0 Å². The predicted octanol–water partition coefficient (Wildman–Crippen LogP) is 1.75. The van der Waals surface area contributed by atoms with E-state index in [2.05, 4.69) is 4.74 Å². The molecule has 1 aromatic carbocycles. The Morgan fingerprint density at radius 1 is 1.19 bits per heavy atom. The van der Waals surface area contributed by atoms with E-state index in [-0.39, 0.29) is 11.9 Å². The zero-order valence-corrected chi connectivity index (χ0v) is 9.60. The normalized spacial score (nSPS) is 8.62. The van der Waals surface area contributed by atoms with Crippen LogP contribution in [0.15, 0.2) is 30.3 Å². The molecule has 0 heterocycles. The molecule has 0 aliphatic rings. The van der Waals surface area contributed by atoms with E-state index in [0.717, 1.165) is 0 Å². The monoisotopic (exact) mass is 223 g/mol. The maximum Gasteiger partial charge on any atom is 0.305 e. The third-order valence-corrected chi connectivity index (χ3v) is 1.65. The molecule has 4 nitrogen and oxygen atoms in total. The van der Waals surface area contributed by atoms with Gasteiger partial charge in [0.05, 0.1) is 6.61 Å². The van der Waals surface area contributed by atoms with Crippen LogP contribution in [0.4, 0.5) is 0 Å². The Morgan fingerprint density at radius 3 is 2.00 bits per heavy atom.